The van der Waals surface area contributed by atoms with E-state index in [2.05, 4.69) is 15.5 Å². The molecule has 21 heavy (non-hydrogen) atoms. The molecule has 0 fully saturated rings. The number of rotatable bonds is 3. The van der Waals surface area contributed by atoms with Crippen LogP contribution in [0, 0.1) is 5.92 Å². The molecule has 1 aromatic rings. The number of hydrogen-bond donors (Lipinski definition) is 3. The Labute approximate surface area is 122 Å². The van der Waals surface area contributed by atoms with Gasteiger partial charge in [0, 0.05) is 12.1 Å². The van der Waals surface area contributed by atoms with E-state index in [0.717, 1.165) is 17.0 Å². The number of nitrogens with zero attached hydrogens (tertiary/aromatic N) is 3. The second kappa shape index (κ2) is 5.08. The van der Waals surface area contributed by atoms with Gasteiger partial charge < -0.3 is 21.8 Å². The van der Waals surface area contributed by atoms with Gasteiger partial charge in [-0.15, -0.1) is 0 Å². The van der Waals surface area contributed by atoms with E-state index in [9.17, 15) is 4.79 Å². The molecule has 0 saturated heterocycles. The van der Waals surface area contributed by atoms with Crippen LogP contribution in [0.1, 0.15) is 12.5 Å². The highest BCUT2D eigenvalue weighted by Crippen LogP contribution is 2.34. The van der Waals surface area contributed by atoms with Crippen LogP contribution in [0.2, 0.25) is 0 Å². The van der Waals surface area contributed by atoms with E-state index in [4.69, 9.17) is 11.5 Å². The smallest absolute Gasteiger partial charge is 0.238 e. The molecule has 2 atom stereocenters. The number of guanidine groups is 1. The number of nitrogens with two attached hydrogens (primary N) is 2. The molecule has 5 N–H and O–H groups in total. The van der Waals surface area contributed by atoms with Crippen molar-refractivity contribution in [1.82, 2.24) is 5.43 Å². The summed E-state index contributed by atoms with van der Waals surface area (Å²) in [5, 5.41) is 4.33. The molecule has 0 aromatic heterocycles. The molecule has 3 rings (SSSR count). The number of nitrogens with one attached hydrogen (secondary N) is 1. The van der Waals surface area contributed by atoms with Gasteiger partial charge in [-0.25, -0.2) is 0 Å². The van der Waals surface area contributed by atoms with Crippen LogP contribution in [0.15, 0.2) is 34.4 Å². The molecule has 0 aliphatic carbocycles. The fraction of sp³-hybridized carbons (Fsp3) is 0.357. The fourth-order valence-corrected chi connectivity index (χ4v) is 2.83. The zero-order valence-electron chi connectivity index (χ0n) is 11.8. The maximum Gasteiger partial charge on any atom is 0.238 e. The zero-order valence-corrected chi connectivity index (χ0v) is 11.8. The summed E-state index contributed by atoms with van der Waals surface area (Å²) in [5.41, 5.74) is 16.4. The Morgan fingerprint density at radius 2 is 2.19 bits per heavy atom. The van der Waals surface area contributed by atoms with Crippen molar-refractivity contribution in [3.63, 3.8) is 0 Å². The van der Waals surface area contributed by atoms with Crippen molar-refractivity contribution in [3.8, 4) is 0 Å². The number of carbonyl (C=O) groups is 1. The molecular weight excluding hydrogens is 268 g/mol. The predicted octanol–water partition coefficient (Wildman–Crippen LogP) is -0.381. The quantitative estimate of drug-likeness (QED) is 0.519. The zero-order chi connectivity index (χ0) is 15.0. The summed E-state index contributed by atoms with van der Waals surface area (Å²) in [7, 11) is 0. The monoisotopic (exact) mass is 286 g/mol. The van der Waals surface area contributed by atoms with Crippen LogP contribution in [0.4, 0.5) is 5.69 Å². The number of benzene rings is 1. The number of amides is 1. The largest absolute Gasteiger partial charge is 0.370 e. The van der Waals surface area contributed by atoms with E-state index < -0.39 is 0 Å². The van der Waals surface area contributed by atoms with Crippen molar-refractivity contribution < 1.29 is 4.79 Å². The molecule has 7 nitrogen and oxygen atoms in total. The van der Waals surface area contributed by atoms with Gasteiger partial charge in [0.05, 0.1) is 24.0 Å². The fourth-order valence-electron chi connectivity index (χ4n) is 2.83. The van der Waals surface area contributed by atoms with Crippen molar-refractivity contribution in [3.05, 3.63) is 29.8 Å². The van der Waals surface area contributed by atoms with E-state index in [1.807, 2.05) is 31.2 Å². The van der Waals surface area contributed by atoms with Gasteiger partial charge in [0.25, 0.3) is 0 Å². The number of para-hydroxylation sites is 1. The average molecular weight is 286 g/mol. The number of hydrogen-bond acceptors (Lipinski definition) is 4. The number of fused-ring (bicyclic) bond motifs is 3. The van der Waals surface area contributed by atoms with Gasteiger partial charge in [-0.1, -0.05) is 18.2 Å². The summed E-state index contributed by atoms with van der Waals surface area (Å²) >= 11 is 0. The van der Waals surface area contributed by atoms with Gasteiger partial charge in [0.2, 0.25) is 5.91 Å². The van der Waals surface area contributed by atoms with Crippen LogP contribution in [0.25, 0.3) is 0 Å². The Balaban J connectivity index is 1.97. The van der Waals surface area contributed by atoms with Gasteiger partial charge in [-0.2, -0.15) is 5.10 Å². The summed E-state index contributed by atoms with van der Waals surface area (Å²) in [5.74, 6) is -0.180. The second-order valence-corrected chi connectivity index (χ2v) is 5.21. The standard InChI is InChI=1S/C14H18N6O/c1-8-11-12(19-18-8)9-4-2-3-5-10(9)20(13(11)21)7-6-17-14(15)16/h2-5,8,11,18H,6-7H2,1H3,(H4,15,16,17). The van der Waals surface area contributed by atoms with Crippen molar-refractivity contribution in [1.29, 1.82) is 0 Å². The van der Waals surface area contributed by atoms with E-state index in [1.54, 1.807) is 4.90 Å². The Kier molecular flexibility index (Phi) is 3.25. The normalized spacial score (nSPS) is 23.0. The van der Waals surface area contributed by atoms with Gasteiger partial charge in [-0.3, -0.25) is 9.79 Å². The van der Waals surface area contributed by atoms with Crippen LogP contribution in [0.3, 0.4) is 0 Å². The van der Waals surface area contributed by atoms with E-state index >= 15 is 0 Å². The lowest BCUT2D eigenvalue weighted by molar-refractivity contribution is -0.121. The minimum atomic E-state index is -0.251. The lowest BCUT2D eigenvalue weighted by Gasteiger charge is -2.33. The third kappa shape index (κ3) is 2.20. The van der Waals surface area contributed by atoms with Crippen LogP contribution < -0.4 is 21.8 Å². The molecule has 7 heteroatoms. The SMILES string of the molecule is CC1NN=C2c3ccccc3N(CCN=C(N)N)C(=O)C21. The van der Waals surface area contributed by atoms with Crippen molar-refractivity contribution >= 4 is 23.3 Å². The summed E-state index contributed by atoms with van der Waals surface area (Å²) in [6.07, 6.45) is 0. The minimum absolute atomic E-state index is 0.00793. The average Bonchev–Trinajstić information content (AvgIpc) is 2.84. The number of hydrazone groups is 1. The first-order valence-electron chi connectivity index (χ1n) is 6.89. The third-order valence-corrected chi connectivity index (χ3v) is 3.80. The van der Waals surface area contributed by atoms with E-state index in [1.165, 1.54) is 0 Å². The highest BCUT2D eigenvalue weighted by Gasteiger charge is 2.43. The Morgan fingerprint density at radius 3 is 2.95 bits per heavy atom. The minimum Gasteiger partial charge on any atom is -0.370 e. The first-order chi connectivity index (χ1) is 10.1. The molecule has 2 heterocycles. The van der Waals surface area contributed by atoms with E-state index in [-0.39, 0.29) is 23.8 Å². The highest BCUT2D eigenvalue weighted by atomic mass is 16.2. The molecule has 0 bridgehead atoms. The summed E-state index contributed by atoms with van der Waals surface area (Å²) in [4.78, 5) is 18.5. The molecule has 110 valence electrons. The maximum atomic E-state index is 12.7. The van der Waals surface area contributed by atoms with Crippen LogP contribution in [-0.4, -0.2) is 36.7 Å². The maximum absolute atomic E-state index is 12.7. The lowest BCUT2D eigenvalue weighted by Crippen LogP contribution is -2.48. The van der Waals surface area contributed by atoms with Crippen molar-refractivity contribution in [2.24, 2.45) is 27.5 Å². The Hall–Kier alpha value is -2.57. The number of aliphatic imine (C=N–C) groups is 1. The predicted molar refractivity (Wildman–Crippen MR) is 82.1 cm³/mol. The second-order valence-electron chi connectivity index (χ2n) is 5.21. The third-order valence-electron chi connectivity index (χ3n) is 3.80. The Morgan fingerprint density at radius 1 is 1.43 bits per heavy atom. The molecular formula is C14H18N6O. The van der Waals surface area contributed by atoms with Gasteiger partial charge in [0.15, 0.2) is 5.96 Å². The van der Waals surface area contributed by atoms with E-state index in [0.29, 0.717) is 13.1 Å². The molecule has 0 saturated carbocycles. The molecule has 0 spiro atoms. The molecule has 0 radical (unpaired) electrons. The van der Waals surface area contributed by atoms with Crippen LogP contribution >= 0.6 is 0 Å². The van der Waals surface area contributed by atoms with Crippen molar-refractivity contribution in [2.75, 3.05) is 18.0 Å². The summed E-state index contributed by atoms with van der Waals surface area (Å²) < 4.78 is 0. The molecule has 2 aliphatic heterocycles. The van der Waals surface area contributed by atoms with Gasteiger partial charge in [0.1, 0.15) is 5.92 Å². The molecule has 2 unspecified atom stereocenters. The number of anilines is 1. The van der Waals surface area contributed by atoms with Gasteiger partial charge in [-0.05, 0) is 13.0 Å². The van der Waals surface area contributed by atoms with Crippen molar-refractivity contribution in [2.45, 2.75) is 13.0 Å². The summed E-state index contributed by atoms with van der Waals surface area (Å²) in [6, 6.07) is 7.76. The Bertz CT molecular complexity index is 634. The lowest BCUT2D eigenvalue weighted by atomic mass is 9.86. The first kappa shape index (κ1) is 13.4. The topological polar surface area (TPSA) is 109 Å². The first-order valence-corrected chi connectivity index (χ1v) is 6.89. The highest BCUT2D eigenvalue weighted by molar-refractivity contribution is 6.24. The summed E-state index contributed by atoms with van der Waals surface area (Å²) in [6.45, 7) is 2.79. The van der Waals surface area contributed by atoms with Gasteiger partial charge >= 0.3 is 0 Å². The van der Waals surface area contributed by atoms with Crippen LogP contribution in [-0.2, 0) is 4.79 Å². The number of carbonyl (C=O) groups excluding carboxylic acids is 1. The molecule has 1 aromatic carbocycles. The van der Waals surface area contributed by atoms with Crippen LogP contribution in [0.5, 0.6) is 0 Å². The molecule has 2 aliphatic rings. The molecule has 1 amide bonds.